The third-order valence-electron chi connectivity index (χ3n) is 3.74. The molecule has 0 spiro atoms. The Morgan fingerprint density at radius 3 is 2.91 bits per heavy atom. The first-order valence-electron chi connectivity index (χ1n) is 7.19. The molecule has 2 aromatic rings. The second-order valence-corrected chi connectivity index (χ2v) is 5.25. The Hall–Kier alpha value is -2.28. The van der Waals surface area contributed by atoms with Crippen LogP contribution >= 0.6 is 0 Å². The van der Waals surface area contributed by atoms with E-state index < -0.39 is 5.82 Å². The fraction of sp³-hybridized carbons (Fsp3) is 0.400. The standard InChI is InChI=1S/C15H18FN5O/c1-17-14-12(16)7-19-15(21-14)20-13-9-22-8-11(13)6-10-2-4-18-5-3-10/h2-5,7,11,13H,6,8-9H2,1H3,(H2,17,19,20,21)/t11-,13+/m1/s1. The van der Waals surface area contributed by atoms with Gasteiger partial charge in [0.15, 0.2) is 11.6 Å². The average Bonchev–Trinajstić information content (AvgIpc) is 2.97. The van der Waals surface area contributed by atoms with Crippen molar-refractivity contribution in [1.82, 2.24) is 15.0 Å². The molecule has 1 fully saturated rings. The molecule has 0 saturated carbocycles. The van der Waals surface area contributed by atoms with Gasteiger partial charge in [-0.1, -0.05) is 0 Å². The van der Waals surface area contributed by atoms with E-state index in [0.717, 1.165) is 12.6 Å². The maximum Gasteiger partial charge on any atom is 0.225 e. The Kier molecular flexibility index (Phi) is 4.43. The van der Waals surface area contributed by atoms with Gasteiger partial charge in [-0.15, -0.1) is 0 Å². The zero-order chi connectivity index (χ0) is 15.4. The number of nitrogens with zero attached hydrogens (tertiary/aromatic N) is 3. The fourth-order valence-electron chi connectivity index (χ4n) is 2.56. The zero-order valence-corrected chi connectivity index (χ0v) is 12.3. The molecule has 7 heteroatoms. The lowest BCUT2D eigenvalue weighted by Gasteiger charge is -2.19. The molecule has 3 rings (SSSR count). The predicted octanol–water partition coefficient (Wildman–Crippen LogP) is 1.72. The monoisotopic (exact) mass is 303 g/mol. The fourth-order valence-corrected chi connectivity index (χ4v) is 2.56. The van der Waals surface area contributed by atoms with Crippen LogP contribution < -0.4 is 10.6 Å². The van der Waals surface area contributed by atoms with Crippen molar-refractivity contribution >= 4 is 11.8 Å². The molecule has 1 aliphatic heterocycles. The van der Waals surface area contributed by atoms with E-state index in [1.165, 1.54) is 5.56 Å². The molecule has 0 amide bonds. The van der Waals surface area contributed by atoms with Crippen molar-refractivity contribution in [3.8, 4) is 0 Å². The summed E-state index contributed by atoms with van der Waals surface area (Å²) in [5.41, 5.74) is 1.22. The molecule has 0 unspecified atom stereocenters. The van der Waals surface area contributed by atoms with Gasteiger partial charge in [0.05, 0.1) is 25.5 Å². The third-order valence-corrected chi connectivity index (χ3v) is 3.74. The van der Waals surface area contributed by atoms with Gasteiger partial charge >= 0.3 is 0 Å². The molecule has 6 nitrogen and oxygen atoms in total. The molecule has 2 atom stereocenters. The summed E-state index contributed by atoms with van der Waals surface area (Å²) in [6.07, 6.45) is 5.63. The molecule has 3 heterocycles. The summed E-state index contributed by atoms with van der Waals surface area (Å²) in [7, 11) is 1.63. The van der Waals surface area contributed by atoms with E-state index >= 15 is 0 Å². The van der Waals surface area contributed by atoms with Gasteiger partial charge in [-0.2, -0.15) is 4.98 Å². The molecule has 2 N–H and O–H groups in total. The van der Waals surface area contributed by atoms with Crippen molar-refractivity contribution < 1.29 is 9.13 Å². The number of rotatable bonds is 5. The normalized spacial score (nSPS) is 20.8. The van der Waals surface area contributed by atoms with Gasteiger partial charge in [0, 0.05) is 25.4 Å². The number of aromatic nitrogens is 3. The molecule has 116 valence electrons. The lowest BCUT2D eigenvalue weighted by molar-refractivity contribution is 0.185. The van der Waals surface area contributed by atoms with Crippen LogP contribution in [0.4, 0.5) is 16.2 Å². The van der Waals surface area contributed by atoms with Gasteiger partial charge in [0.25, 0.3) is 0 Å². The van der Waals surface area contributed by atoms with E-state index in [0.29, 0.717) is 25.1 Å². The molecule has 0 bridgehead atoms. The number of hydrogen-bond donors (Lipinski definition) is 2. The third kappa shape index (κ3) is 3.30. The summed E-state index contributed by atoms with van der Waals surface area (Å²) in [6.45, 7) is 1.27. The molecule has 1 aliphatic rings. The second kappa shape index (κ2) is 6.65. The van der Waals surface area contributed by atoms with Gasteiger partial charge in [-0.05, 0) is 24.1 Å². The number of anilines is 2. The molecule has 0 aromatic carbocycles. The van der Waals surface area contributed by atoms with Crippen LogP contribution in [0.3, 0.4) is 0 Å². The smallest absolute Gasteiger partial charge is 0.225 e. The molecule has 0 aliphatic carbocycles. The molecular weight excluding hydrogens is 285 g/mol. The van der Waals surface area contributed by atoms with Crippen LogP contribution in [0.2, 0.25) is 0 Å². The van der Waals surface area contributed by atoms with E-state index in [1.807, 2.05) is 12.1 Å². The van der Waals surface area contributed by atoms with Crippen molar-refractivity contribution in [3.05, 3.63) is 42.1 Å². The number of pyridine rings is 1. The van der Waals surface area contributed by atoms with Crippen molar-refractivity contribution in [1.29, 1.82) is 0 Å². The predicted molar refractivity (Wildman–Crippen MR) is 81.2 cm³/mol. The lowest BCUT2D eigenvalue weighted by Crippen LogP contribution is -2.30. The van der Waals surface area contributed by atoms with Crippen LogP contribution in [0.1, 0.15) is 5.56 Å². The van der Waals surface area contributed by atoms with Gasteiger partial charge < -0.3 is 15.4 Å². The minimum absolute atomic E-state index is 0.100. The van der Waals surface area contributed by atoms with Crippen molar-refractivity contribution in [2.24, 2.45) is 5.92 Å². The number of hydrogen-bond acceptors (Lipinski definition) is 6. The first-order valence-corrected chi connectivity index (χ1v) is 7.19. The van der Waals surface area contributed by atoms with Crippen LogP contribution in [0.15, 0.2) is 30.7 Å². The van der Waals surface area contributed by atoms with Crippen LogP contribution in [0.5, 0.6) is 0 Å². The highest BCUT2D eigenvalue weighted by Crippen LogP contribution is 2.22. The largest absolute Gasteiger partial charge is 0.379 e. The maximum atomic E-state index is 13.4. The second-order valence-electron chi connectivity index (χ2n) is 5.25. The minimum Gasteiger partial charge on any atom is -0.379 e. The summed E-state index contributed by atoms with van der Waals surface area (Å²) >= 11 is 0. The highest BCUT2D eigenvalue weighted by molar-refractivity contribution is 5.41. The lowest BCUT2D eigenvalue weighted by atomic mass is 9.95. The first-order chi connectivity index (χ1) is 10.8. The Balaban J connectivity index is 1.68. The summed E-state index contributed by atoms with van der Waals surface area (Å²) in [4.78, 5) is 12.1. The Labute approximate surface area is 128 Å². The van der Waals surface area contributed by atoms with Gasteiger partial charge in [-0.3, -0.25) is 4.98 Å². The quantitative estimate of drug-likeness (QED) is 0.876. The Bertz CT molecular complexity index is 625. The highest BCUT2D eigenvalue weighted by atomic mass is 19.1. The molecular formula is C15H18FN5O. The first kappa shape index (κ1) is 14.6. The minimum atomic E-state index is -0.468. The number of ether oxygens (including phenoxy) is 1. The molecule has 0 radical (unpaired) electrons. The number of nitrogens with one attached hydrogen (secondary N) is 2. The van der Waals surface area contributed by atoms with E-state index in [2.05, 4.69) is 25.6 Å². The van der Waals surface area contributed by atoms with Crippen molar-refractivity contribution in [3.63, 3.8) is 0 Å². The summed E-state index contributed by atoms with van der Waals surface area (Å²) < 4.78 is 19.0. The van der Waals surface area contributed by atoms with E-state index in [4.69, 9.17) is 4.74 Å². The zero-order valence-electron chi connectivity index (χ0n) is 12.3. The van der Waals surface area contributed by atoms with Gasteiger partial charge in [0.2, 0.25) is 5.95 Å². The van der Waals surface area contributed by atoms with Gasteiger partial charge in [-0.25, -0.2) is 9.37 Å². The van der Waals surface area contributed by atoms with Crippen LogP contribution in [-0.4, -0.2) is 41.3 Å². The number of halogens is 1. The highest BCUT2D eigenvalue weighted by Gasteiger charge is 2.29. The average molecular weight is 303 g/mol. The Morgan fingerprint density at radius 1 is 1.32 bits per heavy atom. The molecule has 22 heavy (non-hydrogen) atoms. The van der Waals surface area contributed by atoms with E-state index in [9.17, 15) is 4.39 Å². The summed E-state index contributed by atoms with van der Waals surface area (Å²) in [6, 6.07) is 4.11. The SMILES string of the molecule is CNc1nc(N[C@H]2COC[C@H]2Cc2ccncc2)ncc1F. The summed E-state index contributed by atoms with van der Waals surface area (Å²) in [5, 5.41) is 5.95. The van der Waals surface area contributed by atoms with Crippen LogP contribution in [-0.2, 0) is 11.2 Å². The Morgan fingerprint density at radius 2 is 2.14 bits per heavy atom. The summed E-state index contributed by atoms with van der Waals surface area (Å²) in [5.74, 6) is 0.432. The van der Waals surface area contributed by atoms with Crippen molar-refractivity contribution in [2.75, 3.05) is 30.9 Å². The van der Waals surface area contributed by atoms with Crippen LogP contribution in [0, 0.1) is 11.7 Å². The molecule has 2 aromatic heterocycles. The van der Waals surface area contributed by atoms with E-state index in [-0.39, 0.29) is 11.9 Å². The van der Waals surface area contributed by atoms with Crippen LogP contribution in [0.25, 0.3) is 0 Å². The van der Waals surface area contributed by atoms with E-state index in [1.54, 1.807) is 19.4 Å². The topological polar surface area (TPSA) is 72.0 Å². The van der Waals surface area contributed by atoms with Gasteiger partial charge in [0.1, 0.15) is 0 Å². The maximum absolute atomic E-state index is 13.4. The van der Waals surface area contributed by atoms with Crippen molar-refractivity contribution in [2.45, 2.75) is 12.5 Å². The molecule has 1 saturated heterocycles.